The number of nitrogens with two attached hydrogens (primary N) is 1. The molecule has 0 amide bonds. The van der Waals surface area contributed by atoms with E-state index in [9.17, 15) is 4.79 Å². The molecule has 0 fully saturated rings. The molecule has 6 nitrogen and oxygen atoms in total. The van der Waals surface area contributed by atoms with Gasteiger partial charge >= 0.3 is 5.97 Å². The van der Waals surface area contributed by atoms with Gasteiger partial charge in [0, 0.05) is 0 Å². The lowest BCUT2D eigenvalue weighted by atomic mass is 10.2. The van der Waals surface area contributed by atoms with Crippen LogP contribution in [0.5, 0.6) is 0 Å². The summed E-state index contributed by atoms with van der Waals surface area (Å²) in [6, 6.07) is 1.51. The number of hydrogen-bond acceptors (Lipinski definition) is 5. The zero-order valence-electron chi connectivity index (χ0n) is 11.1. The van der Waals surface area contributed by atoms with Crippen LogP contribution in [0.1, 0.15) is 26.3 Å². The molecule has 1 heterocycles. The van der Waals surface area contributed by atoms with Crippen LogP contribution in [0.4, 0.5) is 5.69 Å². The molecule has 1 aromatic heterocycles. The van der Waals surface area contributed by atoms with Gasteiger partial charge in [-0.15, -0.1) is 0 Å². The fourth-order valence-corrected chi connectivity index (χ4v) is 1.47. The first-order valence-corrected chi connectivity index (χ1v) is 6.02. The van der Waals surface area contributed by atoms with E-state index in [0.717, 1.165) is 0 Å². The summed E-state index contributed by atoms with van der Waals surface area (Å²) in [4.78, 5) is 15.3. The van der Waals surface area contributed by atoms with Gasteiger partial charge in [0.15, 0.2) is 0 Å². The number of esters is 1. The molecule has 19 heavy (non-hydrogen) atoms. The van der Waals surface area contributed by atoms with Crippen molar-refractivity contribution in [2.45, 2.75) is 26.4 Å². The third-order valence-corrected chi connectivity index (χ3v) is 2.26. The van der Waals surface area contributed by atoms with E-state index in [1.54, 1.807) is 20.8 Å². The van der Waals surface area contributed by atoms with Gasteiger partial charge in [-0.1, -0.05) is 11.6 Å². The fraction of sp³-hybridized carbons (Fsp3) is 0.417. The van der Waals surface area contributed by atoms with E-state index in [2.05, 4.69) is 10.3 Å². The second kappa shape index (κ2) is 5.88. The number of carbonyl (C=O) groups is 1. The molecule has 7 heteroatoms. The van der Waals surface area contributed by atoms with Crippen LogP contribution in [0.3, 0.4) is 0 Å². The number of halogens is 1. The lowest BCUT2D eigenvalue weighted by Gasteiger charge is -2.19. The molecule has 0 bridgehead atoms. The molecule has 0 atom stereocenters. The summed E-state index contributed by atoms with van der Waals surface area (Å²) in [5, 5.41) is 10.6. The highest BCUT2D eigenvalue weighted by atomic mass is 35.5. The van der Waals surface area contributed by atoms with Crippen molar-refractivity contribution < 1.29 is 9.53 Å². The minimum atomic E-state index is -0.558. The average Bonchev–Trinajstić information content (AvgIpc) is 2.27. The molecule has 0 spiro atoms. The molecular weight excluding hydrogens is 268 g/mol. The second-order valence-electron chi connectivity index (χ2n) is 4.92. The van der Waals surface area contributed by atoms with Gasteiger partial charge in [-0.05, 0) is 26.8 Å². The van der Waals surface area contributed by atoms with E-state index in [4.69, 9.17) is 27.5 Å². The molecule has 1 rings (SSSR count). The zero-order chi connectivity index (χ0) is 14.6. The number of ether oxygens (including phenoxy) is 1. The van der Waals surface area contributed by atoms with E-state index >= 15 is 0 Å². The Morgan fingerprint density at radius 2 is 2.21 bits per heavy atom. The number of nitrogens with one attached hydrogen (secondary N) is 2. The zero-order valence-corrected chi connectivity index (χ0v) is 11.8. The van der Waals surface area contributed by atoms with E-state index in [1.165, 1.54) is 12.3 Å². The highest BCUT2D eigenvalue weighted by molar-refractivity contribution is 6.32. The molecule has 0 aliphatic carbocycles. The molecule has 0 aliphatic rings. The minimum Gasteiger partial charge on any atom is -0.459 e. The number of nitrogens with zero attached hydrogens (tertiary/aromatic N) is 1. The number of amidine groups is 1. The summed E-state index contributed by atoms with van der Waals surface area (Å²) in [6.45, 7) is 5.19. The van der Waals surface area contributed by atoms with E-state index in [-0.39, 0.29) is 17.5 Å². The fourth-order valence-electron chi connectivity index (χ4n) is 1.27. The Hall–Kier alpha value is -1.82. The molecule has 104 valence electrons. The smallest absolute Gasteiger partial charge is 0.325 e. The largest absolute Gasteiger partial charge is 0.459 e. The standard InChI is InChI=1S/C12H17ClN4O2/c1-12(2,3)19-9(18)6-17-11(15)8-4-7(14)5-16-10(8)13/h4-5H,6,14H2,1-3H3,(H2,15,17). The normalized spacial score (nSPS) is 10.9. The van der Waals surface area contributed by atoms with Gasteiger partial charge in [0.2, 0.25) is 0 Å². The molecule has 4 N–H and O–H groups in total. The Morgan fingerprint density at radius 3 is 2.79 bits per heavy atom. The average molecular weight is 285 g/mol. The summed E-state index contributed by atoms with van der Waals surface area (Å²) in [5.41, 5.74) is 5.74. The van der Waals surface area contributed by atoms with Crippen molar-refractivity contribution in [3.8, 4) is 0 Å². The van der Waals surface area contributed by atoms with Crippen LogP contribution in [0.15, 0.2) is 12.3 Å². The Kier molecular flexibility index (Phi) is 4.72. The van der Waals surface area contributed by atoms with E-state index in [0.29, 0.717) is 11.3 Å². The van der Waals surface area contributed by atoms with E-state index < -0.39 is 11.6 Å². The van der Waals surface area contributed by atoms with Crippen LogP contribution in [0, 0.1) is 5.41 Å². The van der Waals surface area contributed by atoms with E-state index in [1.807, 2.05) is 0 Å². The molecule has 0 aliphatic heterocycles. The van der Waals surface area contributed by atoms with Gasteiger partial charge in [-0.25, -0.2) is 4.98 Å². The molecule has 0 saturated heterocycles. The summed E-state index contributed by atoms with van der Waals surface area (Å²) in [5.74, 6) is -0.485. The summed E-state index contributed by atoms with van der Waals surface area (Å²) < 4.78 is 5.11. The van der Waals surface area contributed by atoms with Gasteiger partial charge in [-0.3, -0.25) is 10.2 Å². The van der Waals surface area contributed by atoms with Crippen molar-refractivity contribution in [1.82, 2.24) is 10.3 Å². The van der Waals surface area contributed by atoms with Crippen LogP contribution in [0.2, 0.25) is 5.15 Å². The topological polar surface area (TPSA) is 101 Å². The van der Waals surface area contributed by atoms with Gasteiger partial charge in [0.1, 0.15) is 23.1 Å². The lowest BCUT2D eigenvalue weighted by molar-refractivity contribution is -0.153. The Balaban J connectivity index is 2.61. The number of hydrogen-bond donors (Lipinski definition) is 3. The highest BCUT2D eigenvalue weighted by Crippen LogP contribution is 2.15. The molecule has 0 saturated carbocycles. The van der Waals surface area contributed by atoms with Crippen LogP contribution in [-0.4, -0.2) is 28.9 Å². The summed E-state index contributed by atoms with van der Waals surface area (Å²) in [7, 11) is 0. The molecule has 0 aromatic carbocycles. The van der Waals surface area contributed by atoms with Crippen molar-refractivity contribution in [2.75, 3.05) is 12.3 Å². The van der Waals surface area contributed by atoms with Crippen LogP contribution in [-0.2, 0) is 9.53 Å². The van der Waals surface area contributed by atoms with Gasteiger partial charge in [-0.2, -0.15) is 0 Å². The number of pyridine rings is 1. The Labute approximate surface area is 116 Å². The lowest BCUT2D eigenvalue weighted by Crippen LogP contribution is -2.34. The monoisotopic (exact) mass is 284 g/mol. The molecule has 1 aromatic rings. The number of aromatic nitrogens is 1. The first-order chi connectivity index (χ1) is 8.69. The molecular formula is C12H17ClN4O2. The first kappa shape index (κ1) is 15.2. The predicted molar refractivity (Wildman–Crippen MR) is 74.3 cm³/mol. The maximum atomic E-state index is 11.5. The highest BCUT2D eigenvalue weighted by Gasteiger charge is 2.17. The van der Waals surface area contributed by atoms with Gasteiger partial charge < -0.3 is 15.8 Å². The quantitative estimate of drug-likeness (QED) is 0.338. The maximum Gasteiger partial charge on any atom is 0.325 e. The SMILES string of the molecule is CC(C)(C)OC(=O)CNC(=N)c1cc(N)cnc1Cl. The summed E-state index contributed by atoms with van der Waals surface area (Å²) in [6.07, 6.45) is 1.40. The number of carbonyl (C=O) groups excluding carboxylic acids is 1. The predicted octanol–water partition coefficient (Wildman–Crippen LogP) is 1.57. The van der Waals surface area contributed by atoms with Gasteiger partial charge in [0.25, 0.3) is 0 Å². The number of nitrogen functional groups attached to an aromatic ring is 1. The van der Waals surface area contributed by atoms with Crippen molar-refractivity contribution in [1.29, 1.82) is 5.41 Å². The second-order valence-corrected chi connectivity index (χ2v) is 5.28. The van der Waals surface area contributed by atoms with Crippen LogP contribution in [0.25, 0.3) is 0 Å². The summed E-state index contributed by atoms with van der Waals surface area (Å²) >= 11 is 5.85. The van der Waals surface area contributed by atoms with Crippen LogP contribution >= 0.6 is 11.6 Å². The Morgan fingerprint density at radius 1 is 1.58 bits per heavy atom. The van der Waals surface area contributed by atoms with Crippen molar-refractivity contribution in [2.24, 2.45) is 0 Å². The van der Waals surface area contributed by atoms with Crippen molar-refractivity contribution in [3.05, 3.63) is 23.0 Å². The number of rotatable bonds is 3. The third-order valence-electron chi connectivity index (χ3n) is 1.96. The van der Waals surface area contributed by atoms with Crippen molar-refractivity contribution in [3.63, 3.8) is 0 Å². The maximum absolute atomic E-state index is 11.5. The third kappa shape index (κ3) is 5.13. The minimum absolute atomic E-state index is 0.0318. The molecule has 0 unspecified atom stereocenters. The van der Waals surface area contributed by atoms with Gasteiger partial charge in [0.05, 0.1) is 17.4 Å². The molecule has 0 radical (unpaired) electrons. The van der Waals surface area contributed by atoms with Crippen LogP contribution < -0.4 is 11.1 Å². The first-order valence-electron chi connectivity index (χ1n) is 5.64. The number of anilines is 1. The Bertz CT molecular complexity index is 497. The van der Waals surface area contributed by atoms with Crippen molar-refractivity contribution >= 4 is 29.1 Å².